The molecule has 160 valence electrons. The Morgan fingerprint density at radius 1 is 0.933 bits per heavy atom. The van der Waals surface area contributed by atoms with Gasteiger partial charge in [0.2, 0.25) is 0 Å². The number of imidazole rings is 1. The molecule has 1 heterocycles. The molecule has 0 bridgehead atoms. The van der Waals surface area contributed by atoms with Gasteiger partial charge < -0.3 is 5.32 Å². The highest BCUT2D eigenvalue weighted by atomic mass is 15.2. The normalized spacial score (nSPS) is 10.3. The number of hydrogen-bond acceptors (Lipinski definition) is 2. The third-order valence-corrected chi connectivity index (χ3v) is 4.61. The van der Waals surface area contributed by atoms with E-state index in [9.17, 15) is 0 Å². The van der Waals surface area contributed by atoms with Gasteiger partial charge in [-0.05, 0) is 68.2 Å². The summed E-state index contributed by atoms with van der Waals surface area (Å²) in [5.74, 6) is 1.62. The van der Waals surface area contributed by atoms with Crippen molar-refractivity contribution in [3.05, 3.63) is 89.5 Å². The predicted molar refractivity (Wildman–Crippen MR) is 135 cm³/mol. The summed E-state index contributed by atoms with van der Waals surface area (Å²) in [4.78, 5) is 4.48. The Bertz CT molecular complexity index is 960. The molecule has 0 aliphatic carbocycles. The fourth-order valence-corrected chi connectivity index (χ4v) is 2.78. The molecule has 0 atom stereocenters. The van der Waals surface area contributed by atoms with Gasteiger partial charge in [0.15, 0.2) is 0 Å². The molecule has 2 aromatic carbocycles. The number of nitrogens with one attached hydrogen (secondary N) is 1. The molecule has 1 aromatic heterocycles. The first kappa shape index (κ1) is 25.0. The minimum absolute atomic E-state index is 0.769. The van der Waals surface area contributed by atoms with Crippen molar-refractivity contribution in [2.24, 2.45) is 0 Å². The van der Waals surface area contributed by atoms with Gasteiger partial charge in [-0.2, -0.15) is 0 Å². The van der Waals surface area contributed by atoms with Crippen LogP contribution in [0.25, 0.3) is 17.5 Å². The zero-order chi connectivity index (χ0) is 22.7. The lowest BCUT2D eigenvalue weighted by Gasteiger charge is -2.13. The monoisotopic (exact) mass is 403 g/mol. The smallest absolute Gasteiger partial charge is 0.138 e. The van der Waals surface area contributed by atoms with Crippen molar-refractivity contribution >= 4 is 23.2 Å². The SMILES string of the molecule is C=C(Nc1ccc(C)cc1)n1ccnc1/C=C(\C)c1ccc(C)c(C)c1.CC.CC. The van der Waals surface area contributed by atoms with E-state index in [1.165, 1.54) is 27.8 Å². The number of aryl methyl sites for hydroxylation is 3. The van der Waals surface area contributed by atoms with Crippen molar-refractivity contribution in [3.63, 3.8) is 0 Å². The molecule has 0 radical (unpaired) electrons. The van der Waals surface area contributed by atoms with E-state index in [1.807, 2.05) is 50.6 Å². The highest BCUT2D eigenvalue weighted by molar-refractivity contribution is 5.80. The lowest BCUT2D eigenvalue weighted by molar-refractivity contribution is 1.06. The second-order valence-corrected chi connectivity index (χ2v) is 6.72. The van der Waals surface area contributed by atoms with E-state index in [0.29, 0.717) is 0 Å². The third-order valence-electron chi connectivity index (χ3n) is 4.61. The molecule has 0 amide bonds. The number of nitrogens with zero attached hydrogens (tertiary/aromatic N) is 2. The molecule has 0 aliphatic rings. The van der Waals surface area contributed by atoms with Crippen molar-refractivity contribution in [1.29, 1.82) is 0 Å². The average Bonchev–Trinajstić information content (AvgIpc) is 3.23. The standard InChI is InChI=1S/C23H25N3.2C2H6/c1-16-6-10-22(11-7-16)25-20(5)26-13-12-24-23(26)15-19(4)21-9-8-17(2)18(3)14-21;2*1-2/h6-15,25H,5H2,1-4H3;2*1-2H3/b19-15+;;. The fraction of sp³-hybridized carbons (Fsp3) is 0.296. The Kier molecular flexibility index (Phi) is 10.4. The van der Waals surface area contributed by atoms with E-state index in [0.717, 1.165) is 17.3 Å². The lowest BCUT2D eigenvalue weighted by Crippen LogP contribution is -2.06. The average molecular weight is 404 g/mol. The van der Waals surface area contributed by atoms with E-state index >= 15 is 0 Å². The molecule has 0 spiro atoms. The molecular weight excluding hydrogens is 366 g/mol. The second kappa shape index (κ2) is 12.5. The van der Waals surface area contributed by atoms with E-state index in [4.69, 9.17) is 0 Å². The van der Waals surface area contributed by atoms with Crippen LogP contribution < -0.4 is 5.32 Å². The number of allylic oxidation sites excluding steroid dienone is 1. The largest absolute Gasteiger partial charge is 0.342 e. The molecule has 3 aromatic rings. The number of aromatic nitrogens is 2. The first-order valence-corrected chi connectivity index (χ1v) is 10.8. The summed E-state index contributed by atoms with van der Waals surface area (Å²) in [6, 6.07) is 14.8. The molecular formula is C27H37N3. The van der Waals surface area contributed by atoms with Crippen molar-refractivity contribution in [1.82, 2.24) is 9.55 Å². The van der Waals surface area contributed by atoms with Gasteiger partial charge in [-0.1, -0.05) is 70.2 Å². The van der Waals surface area contributed by atoms with E-state index in [-0.39, 0.29) is 0 Å². The summed E-state index contributed by atoms with van der Waals surface area (Å²) >= 11 is 0. The van der Waals surface area contributed by atoms with E-state index in [1.54, 1.807) is 6.20 Å². The Balaban J connectivity index is 0.00000106. The minimum atomic E-state index is 0.769. The van der Waals surface area contributed by atoms with Gasteiger partial charge in [-0.25, -0.2) is 4.98 Å². The third kappa shape index (κ3) is 6.77. The second-order valence-electron chi connectivity index (χ2n) is 6.72. The molecule has 3 heteroatoms. The molecule has 3 rings (SSSR count). The molecule has 0 aliphatic heterocycles. The predicted octanol–water partition coefficient (Wildman–Crippen LogP) is 7.96. The summed E-state index contributed by atoms with van der Waals surface area (Å²) in [6.07, 6.45) is 5.80. The number of benzene rings is 2. The van der Waals surface area contributed by atoms with Gasteiger partial charge in [-0.15, -0.1) is 0 Å². The molecule has 3 nitrogen and oxygen atoms in total. The first-order chi connectivity index (χ1) is 14.4. The Hall–Kier alpha value is -3.07. The molecule has 0 fully saturated rings. The Morgan fingerprint density at radius 2 is 1.57 bits per heavy atom. The van der Waals surface area contributed by atoms with Crippen LogP contribution in [0.15, 0.2) is 61.4 Å². The highest BCUT2D eigenvalue weighted by Gasteiger charge is 2.06. The van der Waals surface area contributed by atoms with Gasteiger partial charge in [0.05, 0.1) is 0 Å². The van der Waals surface area contributed by atoms with Gasteiger partial charge in [0.1, 0.15) is 11.6 Å². The lowest BCUT2D eigenvalue weighted by atomic mass is 10.0. The van der Waals surface area contributed by atoms with Crippen LogP contribution in [0.1, 0.15) is 62.7 Å². The van der Waals surface area contributed by atoms with Crippen LogP contribution in [0.4, 0.5) is 5.69 Å². The zero-order valence-electron chi connectivity index (χ0n) is 19.9. The van der Waals surface area contributed by atoms with Crippen molar-refractivity contribution in [2.75, 3.05) is 5.32 Å². The fourth-order valence-electron chi connectivity index (χ4n) is 2.78. The Labute approximate surface area is 183 Å². The molecule has 1 N–H and O–H groups in total. The van der Waals surface area contributed by atoms with Crippen LogP contribution in [-0.4, -0.2) is 9.55 Å². The number of anilines is 1. The maximum Gasteiger partial charge on any atom is 0.138 e. The summed E-state index contributed by atoms with van der Waals surface area (Å²) in [6.45, 7) is 20.6. The van der Waals surface area contributed by atoms with Crippen LogP contribution in [0.3, 0.4) is 0 Å². The van der Waals surface area contributed by atoms with Gasteiger partial charge in [0.25, 0.3) is 0 Å². The minimum Gasteiger partial charge on any atom is -0.342 e. The molecule has 0 saturated carbocycles. The number of hydrogen-bond donors (Lipinski definition) is 1. The Morgan fingerprint density at radius 3 is 2.17 bits per heavy atom. The van der Waals surface area contributed by atoms with Crippen molar-refractivity contribution in [2.45, 2.75) is 55.4 Å². The maximum absolute atomic E-state index is 4.48. The van der Waals surface area contributed by atoms with E-state index in [2.05, 4.69) is 81.0 Å². The topological polar surface area (TPSA) is 29.9 Å². The summed E-state index contributed by atoms with van der Waals surface area (Å²) < 4.78 is 1.96. The summed E-state index contributed by atoms with van der Waals surface area (Å²) in [5, 5.41) is 3.34. The molecule has 0 saturated heterocycles. The summed E-state index contributed by atoms with van der Waals surface area (Å²) in [5.41, 5.74) is 7.22. The molecule has 30 heavy (non-hydrogen) atoms. The zero-order valence-corrected chi connectivity index (χ0v) is 19.9. The van der Waals surface area contributed by atoms with Gasteiger partial charge in [-0.3, -0.25) is 4.57 Å². The van der Waals surface area contributed by atoms with Crippen LogP contribution in [0, 0.1) is 20.8 Å². The van der Waals surface area contributed by atoms with Gasteiger partial charge in [0, 0.05) is 18.1 Å². The van der Waals surface area contributed by atoms with Crippen molar-refractivity contribution < 1.29 is 0 Å². The first-order valence-electron chi connectivity index (χ1n) is 10.8. The van der Waals surface area contributed by atoms with Crippen LogP contribution in [-0.2, 0) is 0 Å². The number of rotatable bonds is 5. The molecule has 0 unspecified atom stereocenters. The maximum atomic E-state index is 4.48. The van der Waals surface area contributed by atoms with Crippen LogP contribution >= 0.6 is 0 Å². The quantitative estimate of drug-likeness (QED) is 0.468. The highest BCUT2D eigenvalue weighted by Crippen LogP contribution is 2.21. The summed E-state index contributed by atoms with van der Waals surface area (Å²) in [7, 11) is 0. The van der Waals surface area contributed by atoms with E-state index < -0.39 is 0 Å². The van der Waals surface area contributed by atoms with Crippen LogP contribution in [0.5, 0.6) is 0 Å². The van der Waals surface area contributed by atoms with Gasteiger partial charge >= 0.3 is 0 Å². The van der Waals surface area contributed by atoms with Crippen molar-refractivity contribution in [3.8, 4) is 0 Å². The van der Waals surface area contributed by atoms with Crippen LogP contribution in [0.2, 0.25) is 0 Å².